The number of para-hydroxylation sites is 1. The van der Waals surface area contributed by atoms with Crippen LogP contribution in [0.1, 0.15) is 28.5 Å². The summed E-state index contributed by atoms with van der Waals surface area (Å²) in [5.41, 5.74) is 3.86. The summed E-state index contributed by atoms with van der Waals surface area (Å²) in [5.74, 6) is -0.611. The van der Waals surface area contributed by atoms with Crippen LogP contribution in [0.25, 0.3) is 5.69 Å². The van der Waals surface area contributed by atoms with Gasteiger partial charge >= 0.3 is 0 Å². The quantitative estimate of drug-likeness (QED) is 0.402. The Morgan fingerprint density at radius 3 is 2.57 bits per heavy atom. The summed E-state index contributed by atoms with van der Waals surface area (Å²) >= 11 is 0. The van der Waals surface area contributed by atoms with Gasteiger partial charge in [-0.25, -0.2) is 10.1 Å². The fraction of sp³-hybridized carbons (Fsp3) is 0.105. The molecule has 142 valence electrons. The topological polar surface area (TPSA) is 122 Å². The van der Waals surface area contributed by atoms with E-state index in [4.69, 9.17) is 0 Å². The van der Waals surface area contributed by atoms with Gasteiger partial charge in [-0.05, 0) is 32.0 Å². The van der Waals surface area contributed by atoms with Crippen molar-refractivity contribution in [3.05, 3.63) is 91.9 Å². The molecule has 2 N–H and O–H groups in total. The fourth-order valence-electron chi connectivity index (χ4n) is 2.75. The molecule has 3 rings (SSSR count). The van der Waals surface area contributed by atoms with Crippen molar-refractivity contribution >= 4 is 17.3 Å². The maximum Gasteiger partial charge on any atom is 0.280 e. The summed E-state index contributed by atoms with van der Waals surface area (Å²) in [6.07, 6.45) is 0. The molecule has 1 heterocycles. The van der Waals surface area contributed by atoms with Crippen molar-refractivity contribution in [1.82, 2.24) is 15.2 Å². The molecule has 28 heavy (non-hydrogen) atoms. The van der Waals surface area contributed by atoms with Crippen molar-refractivity contribution < 1.29 is 9.72 Å². The third-order valence-electron chi connectivity index (χ3n) is 4.09. The van der Waals surface area contributed by atoms with Crippen molar-refractivity contribution in [2.75, 3.05) is 0 Å². The van der Waals surface area contributed by atoms with E-state index in [-0.39, 0.29) is 16.8 Å². The molecule has 9 heteroatoms. The normalized spacial score (nSPS) is 11.3. The number of benzene rings is 2. The zero-order chi connectivity index (χ0) is 20.3. The number of aromatic amines is 1. The molecule has 0 aliphatic carbocycles. The van der Waals surface area contributed by atoms with Crippen molar-refractivity contribution in [3.8, 4) is 5.69 Å². The summed E-state index contributed by atoms with van der Waals surface area (Å²) in [6.45, 7) is 3.33. The number of carbonyl (C=O) groups is 1. The maximum absolute atomic E-state index is 12.7. The number of nitro benzene ring substituents is 1. The van der Waals surface area contributed by atoms with E-state index >= 15 is 0 Å². The number of nitrogens with one attached hydrogen (secondary N) is 2. The Morgan fingerprint density at radius 1 is 1.18 bits per heavy atom. The van der Waals surface area contributed by atoms with Crippen LogP contribution in [0, 0.1) is 17.0 Å². The molecular weight excluding hydrogens is 362 g/mol. The van der Waals surface area contributed by atoms with Crippen LogP contribution in [-0.4, -0.2) is 26.3 Å². The number of amides is 1. The Bertz CT molecular complexity index is 1130. The smallest absolute Gasteiger partial charge is 0.280 e. The van der Waals surface area contributed by atoms with Crippen molar-refractivity contribution in [2.24, 2.45) is 5.10 Å². The van der Waals surface area contributed by atoms with E-state index in [1.54, 1.807) is 26.0 Å². The number of aromatic nitrogens is 2. The number of hydrazone groups is 1. The van der Waals surface area contributed by atoms with Crippen molar-refractivity contribution in [2.45, 2.75) is 13.8 Å². The molecule has 1 amide bonds. The van der Waals surface area contributed by atoms with Gasteiger partial charge in [-0.1, -0.05) is 24.3 Å². The molecule has 0 fully saturated rings. The van der Waals surface area contributed by atoms with Gasteiger partial charge in [0.2, 0.25) is 0 Å². The van der Waals surface area contributed by atoms with Crippen LogP contribution in [0.15, 0.2) is 64.5 Å². The fourth-order valence-corrected chi connectivity index (χ4v) is 2.75. The number of aryl methyl sites for hydroxylation is 1. The van der Waals surface area contributed by atoms with Crippen LogP contribution in [0.3, 0.4) is 0 Å². The van der Waals surface area contributed by atoms with Gasteiger partial charge in [-0.15, -0.1) is 0 Å². The predicted molar refractivity (Wildman–Crippen MR) is 104 cm³/mol. The Kier molecular flexibility index (Phi) is 5.16. The zero-order valence-electron chi connectivity index (χ0n) is 15.2. The summed E-state index contributed by atoms with van der Waals surface area (Å²) in [7, 11) is 0. The van der Waals surface area contributed by atoms with E-state index < -0.39 is 10.8 Å². The first-order valence-corrected chi connectivity index (χ1v) is 8.35. The molecule has 0 radical (unpaired) electrons. The third-order valence-corrected chi connectivity index (χ3v) is 4.09. The lowest BCUT2D eigenvalue weighted by molar-refractivity contribution is -0.384. The predicted octanol–water partition coefficient (Wildman–Crippen LogP) is 2.54. The number of nitro groups is 1. The Labute approximate surface area is 159 Å². The minimum absolute atomic E-state index is 0.0956. The lowest BCUT2D eigenvalue weighted by Gasteiger charge is -2.02. The number of nitrogens with zero attached hydrogens (tertiary/aromatic N) is 3. The van der Waals surface area contributed by atoms with E-state index in [9.17, 15) is 19.7 Å². The monoisotopic (exact) mass is 379 g/mol. The first-order valence-electron chi connectivity index (χ1n) is 8.35. The second kappa shape index (κ2) is 7.70. The molecule has 0 bridgehead atoms. The highest BCUT2D eigenvalue weighted by atomic mass is 16.6. The molecule has 0 atom stereocenters. The second-order valence-corrected chi connectivity index (χ2v) is 6.03. The Balaban J connectivity index is 1.86. The minimum atomic E-state index is -0.611. The summed E-state index contributed by atoms with van der Waals surface area (Å²) < 4.78 is 1.39. The van der Waals surface area contributed by atoms with E-state index in [2.05, 4.69) is 15.6 Å². The first kappa shape index (κ1) is 18.8. The van der Waals surface area contributed by atoms with E-state index in [1.807, 2.05) is 18.2 Å². The van der Waals surface area contributed by atoms with Crippen LogP contribution in [0.2, 0.25) is 0 Å². The van der Waals surface area contributed by atoms with Gasteiger partial charge < -0.3 is 0 Å². The number of non-ortho nitro benzene ring substituents is 1. The Morgan fingerprint density at radius 2 is 1.89 bits per heavy atom. The average Bonchev–Trinajstić information content (AvgIpc) is 3.00. The largest absolute Gasteiger partial charge is 0.295 e. The molecule has 3 aromatic rings. The zero-order valence-corrected chi connectivity index (χ0v) is 15.2. The maximum atomic E-state index is 12.7. The third kappa shape index (κ3) is 3.73. The minimum Gasteiger partial charge on any atom is -0.295 e. The van der Waals surface area contributed by atoms with E-state index in [0.29, 0.717) is 22.7 Å². The van der Waals surface area contributed by atoms with Crippen LogP contribution in [0.5, 0.6) is 0 Å². The molecule has 0 spiro atoms. The molecule has 1 aromatic heterocycles. The van der Waals surface area contributed by atoms with E-state index in [0.717, 1.165) is 6.07 Å². The SMILES string of the molecule is CC(=NNC(=O)c1cccc([N+](=O)[O-])c1)c1c(C)[nH]n(-c2ccccc2)c1=O. The molecule has 0 aliphatic heterocycles. The van der Waals surface area contributed by atoms with Crippen LogP contribution in [0.4, 0.5) is 5.69 Å². The highest BCUT2D eigenvalue weighted by Gasteiger charge is 2.16. The number of hydrogen-bond donors (Lipinski definition) is 2. The molecular formula is C19H17N5O4. The van der Waals surface area contributed by atoms with Crippen molar-refractivity contribution in [3.63, 3.8) is 0 Å². The van der Waals surface area contributed by atoms with Gasteiger partial charge in [0, 0.05) is 23.4 Å². The number of rotatable bonds is 5. The van der Waals surface area contributed by atoms with Gasteiger partial charge in [-0.3, -0.25) is 24.8 Å². The average molecular weight is 379 g/mol. The second-order valence-electron chi connectivity index (χ2n) is 6.03. The van der Waals surface area contributed by atoms with Crippen LogP contribution >= 0.6 is 0 Å². The van der Waals surface area contributed by atoms with Gasteiger partial charge in [0.15, 0.2) is 0 Å². The number of H-pyrrole nitrogens is 1. The first-order chi connectivity index (χ1) is 13.4. The highest BCUT2D eigenvalue weighted by molar-refractivity contribution is 6.01. The molecule has 0 saturated carbocycles. The van der Waals surface area contributed by atoms with E-state index in [1.165, 1.54) is 22.9 Å². The van der Waals surface area contributed by atoms with Crippen LogP contribution in [-0.2, 0) is 0 Å². The Hall–Kier alpha value is -4.01. The van der Waals surface area contributed by atoms with Crippen LogP contribution < -0.4 is 11.0 Å². The molecule has 0 unspecified atom stereocenters. The standard InChI is InChI=1S/C19H17N5O4/c1-12(20-21-18(25)14-7-6-10-16(11-14)24(27)28)17-13(2)22-23(19(17)26)15-8-4-3-5-9-15/h3-11,22H,1-2H3,(H,21,25). The van der Waals surface area contributed by atoms with Gasteiger partial charge in [0.05, 0.1) is 21.9 Å². The summed E-state index contributed by atoms with van der Waals surface area (Å²) in [4.78, 5) is 35.2. The van der Waals surface area contributed by atoms with Crippen molar-refractivity contribution in [1.29, 1.82) is 0 Å². The lowest BCUT2D eigenvalue weighted by Crippen LogP contribution is -2.23. The molecule has 0 saturated heterocycles. The van der Waals surface area contributed by atoms with Gasteiger partial charge in [0.25, 0.3) is 17.2 Å². The number of hydrogen-bond acceptors (Lipinski definition) is 5. The van der Waals surface area contributed by atoms with Gasteiger partial charge in [0.1, 0.15) is 0 Å². The summed E-state index contributed by atoms with van der Waals surface area (Å²) in [6, 6.07) is 14.4. The number of carbonyl (C=O) groups excluding carboxylic acids is 1. The lowest BCUT2D eigenvalue weighted by atomic mass is 10.2. The molecule has 9 nitrogen and oxygen atoms in total. The highest BCUT2D eigenvalue weighted by Crippen LogP contribution is 2.13. The molecule has 2 aromatic carbocycles. The summed E-state index contributed by atoms with van der Waals surface area (Å²) in [5, 5.41) is 17.8. The van der Waals surface area contributed by atoms with Gasteiger partial charge in [-0.2, -0.15) is 5.10 Å². The molecule has 0 aliphatic rings.